The lowest BCUT2D eigenvalue weighted by Crippen LogP contribution is -2.43. The van der Waals surface area contributed by atoms with E-state index in [0.29, 0.717) is 6.54 Å². The van der Waals surface area contributed by atoms with Crippen LogP contribution >= 0.6 is 0 Å². The second-order valence-corrected chi connectivity index (χ2v) is 6.21. The molecule has 128 valence electrons. The molecule has 2 rings (SSSR count). The number of hydrogen-bond acceptors (Lipinski definition) is 5. The monoisotopic (exact) mass is 320 g/mol. The summed E-state index contributed by atoms with van der Waals surface area (Å²) >= 11 is 0. The van der Waals surface area contributed by atoms with E-state index in [4.69, 9.17) is 0 Å². The SMILES string of the molecule is CCC(CC)C(O)CNC(=O)C1CCN(c2cnccn2)CC1. The Hall–Kier alpha value is -1.69. The first kappa shape index (κ1) is 17.7. The third kappa shape index (κ3) is 4.89. The highest BCUT2D eigenvalue weighted by molar-refractivity contribution is 5.79. The van der Waals surface area contributed by atoms with Gasteiger partial charge < -0.3 is 15.3 Å². The average molecular weight is 320 g/mol. The largest absolute Gasteiger partial charge is 0.391 e. The number of aliphatic hydroxyl groups excluding tert-OH is 1. The summed E-state index contributed by atoms with van der Waals surface area (Å²) in [6.45, 7) is 6.12. The predicted octanol–water partition coefficient (Wildman–Crippen LogP) is 1.61. The van der Waals surface area contributed by atoms with Gasteiger partial charge in [-0.15, -0.1) is 0 Å². The lowest BCUT2D eigenvalue weighted by molar-refractivity contribution is -0.126. The van der Waals surface area contributed by atoms with Crippen LogP contribution in [-0.4, -0.2) is 46.7 Å². The third-order valence-electron chi connectivity index (χ3n) is 4.82. The van der Waals surface area contributed by atoms with Crippen LogP contribution in [0, 0.1) is 11.8 Å². The number of carbonyl (C=O) groups is 1. The number of amides is 1. The number of nitrogens with zero attached hydrogens (tertiary/aromatic N) is 3. The van der Waals surface area contributed by atoms with Crippen LogP contribution in [0.1, 0.15) is 39.5 Å². The fourth-order valence-corrected chi connectivity index (χ4v) is 3.17. The molecule has 1 aliphatic heterocycles. The van der Waals surface area contributed by atoms with Crippen LogP contribution < -0.4 is 10.2 Å². The second kappa shape index (κ2) is 8.82. The normalized spacial score (nSPS) is 17.3. The minimum atomic E-state index is -0.450. The van der Waals surface area contributed by atoms with Crippen LogP contribution in [0.4, 0.5) is 5.82 Å². The van der Waals surface area contributed by atoms with Gasteiger partial charge in [0.2, 0.25) is 5.91 Å². The van der Waals surface area contributed by atoms with Crippen molar-refractivity contribution >= 4 is 11.7 Å². The first-order chi connectivity index (χ1) is 11.2. The Kier molecular flexibility index (Phi) is 6.77. The maximum absolute atomic E-state index is 12.3. The van der Waals surface area contributed by atoms with Crippen molar-refractivity contribution in [3.63, 3.8) is 0 Å². The van der Waals surface area contributed by atoms with Crippen molar-refractivity contribution in [2.45, 2.75) is 45.6 Å². The average Bonchev–Trinajstić information content (AvgIpc) is 2.61. The van der Waals surface area contributed by atoms with Gasteiger partial charge in [0.1, 0.15) is 5.82 Å². The number of aliphatic hydroxyl groups is 1. The molecule has 1 saturated heterocycles. The smallest absolute Gasteiger partial charge is 0.223 e. The maximum Gasteiger partial charge on any atom is 0.223 e. The Balaban J connectivity index is 1.75. The lowest BCUT2D eigenvalue weighted by Gasteiger charge is -2.32. The summed E-state index contributed by atoms with van der Waals surface area (Å²) in [5.74, 6) is 1.22. The van der Waals surface area contributed by atoms with E-state index in [1.807, 2.05) is 0 Å². The highest BCUT2D eigenvalue weighted by atomic mass is 16.3. The number of carbonyl (C=O) groups excluding carboxylic acids is 1. The molecular formula is C17H28N4O2. The fraction of sp³-hybridized carbons (Fsp3) is 0.706. The van der Waals surface area contributed by atoms with Crippen molar-refractivity contribution < 1.29 is 9.90 Å². The molecule has 0 saturated carbocycles. The molecule has 0 aromatic carbocycles. The van der Waals surface area contributed by atoms with E-state index in [-0.39, 0.29) is 17.7 Å². The van der Waals surface area contributed by atoms with E-state index in [0.717, 1.165) is 44.6 Å². The van der Waals surface area contributed by atoms with Gasteiger partial charge in [-0.1, -0.05) is 26.7 Å². The van der Waals surface area contributed by atoms with Gasteiger partial charge in [0.05, 0.1) is 12.3 Å². The highest BCUT2D eigenvalue weighted by Crippen LogP contribution is 2.21. The van der Waals surface area contributed by atoms with Crippen LogP contribution in [0.15, 0.2) is 18.6 Å². The number of rotatable bonds is 7. The van der Waals surface area contributed by atoms with Gasteiger partial charge in [0.15, 0.2) is 0 Å². The topological polar surface area (TPSA) is 78.4 Å². The molecule has 0 bridgehead atoms. The van der Waals surface area contributed by atoms with Crippen LogP contribution in [-0.2, 0) is 4.79 Å². The Morgan fingerprint density at radius 2 is 2.04 bits per heavy atom. The van der Waals surface area contributed by atoms with Crippen LogP contribution in [0.3, 0.4) is 0 Å². The molecule has 2 heterocycles. The third-order valence-corrected chi connectivity index (χ3v) is 4.82. The number of hydrogen-bond donors (Lipinski definition) is 2. The zero-order valence-electron chi connectivity index (χ0n) is 14.1. The van der Waals surface area contributed by atoms with Crippen LogP contribution in [0.25, 0.3) is 0 Å². The molecule has 6 heteroatoms. The molecule has 1 aliphatic rings. The van der Waals surface area contributed by atoms with Gasteiger partial charge in [-0.2, -0.15) is 0 Å². The molecule has 2 N–H and O–H groups in total. The molecule has 1 unspecified atom stereocenters. The van der Waals surface area contributed by atoms with E-state index < -0.39 is 6.10 Å². The van der Waals surface area contributed by atoms with Gasteiger partial charge in [-0.25, -0.2) is 4.98 Å². The van der Waals surface area contributed by atoms with Crippen molar-refractivity contribution in [2.75, 3.05) is 24.5 Å². The molecule has 0 spiro atoms. The molecule has 0 radical (unpaired) electrons. The summed E-state index contributed by atoms with van der Waals surface area (Å²) in [5.41, 5.74) is 0. The summed E-state index contributed by atoms with van der Waals surface area (Å²) in [5, 5.41) is 13.0. The first-order valence-corrected chi connectivity index (χ1v) is 8.62. The zero-order chi connectivity index (χ0) is 16.7. The molecule has 1 amide bonds. The van der Waals surface area contributed by atoms with Gasteiger partial charge in [0.25, 0.3) is 0 Å². The summed E-state index contributed by atoms with van der Waals surface area (Å²) in [4.78, 5) is 22.8. The Morgan fingerprint density at radius 3 is 2.61 bits per heavy atom. The second-order valence-electron chi connectivity index (χ2n) is 6.21. The van der Waals surface area contributed by atoms with Crippen molar-refractivity contribution in [1.29, 1.82) is 0 Å². The number of anilines is 1. The number of piperidine rings is 1. The Morgan fingerprint density at radius 1 is 1.35 bits per heavy atom. The molecule has 1 aromatic heterocycles. The summed E-state index contributed by atoms with van der Waals surface area (Å²) in [7, 11) is 0. The van der Waals surface area contributed by atoms with Crippen molar-refractivity contribution in [3.05, 3.63) is 18.6 Å². The summed E-state index contributed by atoms with van der Waals surface area (Å²) < 4.78 is 0. The van der Waals surface area contributed by atoms with Gasteiger partial charge >= 0.3 is 0 Å². The summed E-state index contributed by atoms with van der Waals surface area (Å²) in [6.07, 6.45) is 8.14. The van der Waals surface area contributed by atoms with Gasteiger partial charge in [0, 0.05) is 37.9 Å². The lowest BCUT2D eigenvalue weighted by atomic mass is 9.94. The molecule has 1 atom stereocenters. The zero-order valence-corrected chi connectivity index (χ0v) is 14.1. The van der Waals surface area contributed by atoms with Crippen LogP contribution in [0.5, 0.6) is 0 Å². The van der Waals surface area contributed by atoms with Crippen molar-refractivity contribution in [3.8, 4) is 0 Å². The Labute approximate surface area is 138 Å². The first-order valence-electron chi connectivity index (χ1n) is 8.62. The fourth-order valence-electron chi connectivity index (χ4n) is 3.17. The maximum atomic E-state index is 12.3. The molecular weight excluding hydrogens is 292 g/mol. The molecule has 0 aliphatic carbocycles. The van der Waals surface area contributed by atoms with E-state index in [1.165, 1.54) is 0 Å². The Bertz CT molecular complexity index is 471. The summed E-state index contributed by atoms with van der Waals surface area (Å²) in [6, 6.07) is 0. The molecule has 23 heavy (non-hydrogen) atoms. The standard InChI is InChI=1S/C17H28N4O2/c1-3-13(4-2)15(22)11-20-17(23)14-5-9-21(10-6-14)16-12-18-7-8-19-16/h7-8,12-15,22H,3-6,9-11H2,1-2H3,(H,20,23). The predicted molar refractivity (Wildman–Crippen MR) is 90.1 cm³/mol. The van der Waals surface area contributed by atoms with Crippen molar-refractivity contribution in [2.24, 2.45) is 11.8 Å². The molecule has 1 aromatic rings. The van der Waals surface area contributed by atoms with E-state index >= 15 is 0 Å². The minimum absolute atomic E-state index is 0.0248. The van der Waals surface area contributed by atoms with E-state index in [9.17, 15) is 9.90 Å². The number of aromatic nitrogens is 2. The van der Waals surface area contributed by atoms with Crippen LogP contribution in [0.2, 0.25) is 0 Å². The van der Waals surface area contributed by atoms with Crippen molar-refractivity contribution in [1.82, 2.24) is 15.3 Å². The molecule has 6 nitrogen and oxygen atoms in total. The number of nitrogens with one attached hydrogen (secondary N) is 1. The van der Waals surface area contributed by atoms with Gasteiger partial charge in [-0.3, -0.25) is 9.78 Å². The van der Waals surface area contributed by atoms with E-state index in [2.05, 4.69) is 34.0 Å². The highest BCUT2D eigenvalue weighted by Gasteiger charge is 2.26. The van der Waals surface area contributed by atoms with E-state index in [1.54, 1.807) is 18.6 Å². The quantitative estimate of drug-likeness (QED) is 0.798. The minimum Gasteiger partial charge on any atom is -0.391 e. The molecule has 1 fully saturated rings. The van der Waals surface area contributed by atoms with Gasteiger partial charge in [-0.05, 0) is 18.8 Å².